The van der Waals surface area contributed by atoms with Gasteiger partial charge in [0.15, 0.2) is 5.82 Å². The fraction of sp³-hybridized carbons (Fsp3) is 0.111. The monoisotopic (exact) mass is 370 g/mol. The zero-order chi connectivity index (χ0) is 18.7. The highest BCUT2D eigenvalue weighted by Gasteiger charge is 2.14. The first kappa shape index (κ1) is 17.6. The van der Waals surface area contributed by atoms with Gasteiger partial charge in [-0.15, -0.1) is 0 Å². The van der Waals surface area contributed by atoms with Gasteiger partial charge < -0.3 is 15.2 Å². The van der Waals surface area contributed by atoms with Gasteiger partial charge >= 0.3 is 0 Å². The number of hydrogen-bond acceptors (Lipinski definition) is 5. The van der Waals surface area contributed by atoms with E-state index in [4.69, 9.17) is 16.1 Å². The summed E-state index contributed by atoms with van der Waals surface area (Å²) in [6, 6.07) is 11.4. The first-order valence-corrected chi connectivity index (χ1v) is 8.09. The van der Waals surface area contributed by atoms with Gasteiger partial charge in [0.25, 0.3) is 11.8 Å². The summed E-state index contributed by atoms with van der Waals surface area (Å²) >= 11 is 6.06. The van der Waals surface area contributed by atoms with Gasteiger partial charge in [-0.25, -0.2) is 4.98 Å². The molecule has 0 aliphatic carbocycles. The van der Waals surface area contributed by atoms with Crippen LogP contribution in [-0.4, -0.2) is 22.0 Å². The number of aryl methyl sites for hydroxylation is 2. The van der Waals surface area contributed by atoms with Crippen molar-refractivity contribution >= 4 is 34.9 Å². The molecule has 0 saturated heterocycles. The Balaban J connectivity index is 1.74. The standard InChI is InChI=1S/C18H15ClN4O3/c1-10-6-7-12(9-13(10)19)20-17(24)14-4-3-5-15(21-14)18(25)22-16-8-11(2)26-23-16/h3-9H,1-2H3,(H,20,24)(H,22,23,25). The van der Waals surface area contributed by atoms with Crippen molar-refractivity contribution < 1.29 is 14.1 Å². The largest absolute Gasteiger partial charge is 0.360 e. The number of pyridine rings is 1. The summed E-state index contributed by atoms with van der Waals surface area (Å²) in [6.45, 7) is 3.58. The summed E-state index contributed by atoms with van der Waals surface area (Å²) in [4.78, 5) is 28.7. The lowest BCUT2D eigenvalue weighted by Crippen LogP contribution is -2.18. The second kappa shape index (κ2) is 7.37. The summed E-state index contributed by atoms with van der Waals surface area (Å²) < 4.78 is 4.89. The van der Waals surface area contributed by atoms with Crippen LogP contribution in [0.4, 0.5) is 11.5 Å². The molecule has 0 fully saturated rings. The van der Waals surface area contributed by atoms with Gasteiger partial charge in [-0.05, 0) is 43.7 Å². The molecule has 0 atom stereocenters. The minimum atomic E-state index is -0.494. The summed E-state index contributed by atoms with van der Waals surface area (Å²) in [5, 5.41) is 9.49. The van der Waals surface area contributed by atoms with Gasteiger partial charge in [-0.3, -0.25) is 9.59 Å². The molecule has 0 saturated carbocycles. The third kappa shape index (κ3) is 4.07. The Labute approximate surface area is 154 Å². The second-order valence-corrected chi connectivity index (χ2v) is 6.01. The average molecular weight is 371 g/mol. The zero-order valence-corrected chi connectivity index (χ0v) is 14.8. The van der Waals surface area contributed by atoms with Gasteiger partial charge in [-0.1, -0.05) is 28.9 Å². The van der Waals surface area contributed by atoms with Crippen LogP contribution in [0.5, 0.6) is 0 Å². The summed E-state index contributed by atoms with van der Waals surface area (Å²) in [6.07, 6.45) is 0. The first-order valence-electron chi connectivity index (χ1n) is 7.71. The second-order valence-electron chi connectivity index (χ2n) is 5.60. The van der Waals surface area contributed by atoms with Crippen molar-refractivity contribution in [3.8, 4) is 0 Å². The number of carbonyl (C=O) groups is 2. The molecule has 26 heavy (non-hydrogen) atoms. The molecule has 0 aliphatic heterocycles. The quantitative estimate of drug-likeness (QED) is 0.727. The fourth-order valence-corrected chi connectivity index (χ4v) is 2.34. The molecule has 2 heterocycles. The van der Waals surface area contributed by atoms with Crippen LogP contribution < -0.4 is 10.6 Å². The minimum Gasteiger partial charge on any atom is -0.360 e. The summed E-state index contributed by atoms with van der Waals surface area (Å²) in [5.74, 6) is -0.0974. The van der Waals surface area contributed by atoms with Crippen molar-refractivity contribution in [1.82, 2.24) is 10.1 Å². The van der Waals surface area contributed by atoms with E-state index in [-0.39, 0.29) is 17.2 Å². The zero-order valence-electron chi connectivity index (χ0n) is 14.0. The molecule has 2 amide bonds. The number of carbonyl (C=O) groups excluding carboxylic acids is 2. The molecule has 7 nitrogen and oxygen atoms in total. The lowest BCUT2D eigenvalue weighted by atomic mass is 10.2. The lowest BCUT2D eigenvalue weighted by Gasteiger charge is -2.07. The van der Waals surface area contributed by atoms with Gasteiger partial charge in [0.05, 0.1) is 0 Å². The summed E-state index contributed by atoms with van der Waals surface area (Å²) in [5.41, 5.74) is 1.64. The Morgan fingerprint density at radius 1 is 1.00 bits per heavy atom. The highest BCUT2D eigenvalue weighted by Crippen LogP contribution is 2.20. The number of aromatic nitrogens is 2. The van der Waals surface area contributed by atoms with Crippen molar-refractivity contribution in [2.24, 2.45) is 0 Å². The van der Waals surface area contributed by atoms with Crippen molar-refractivity contribution in [3.05, 3.63) is 70.2 Å². The number of rotatable bonds is 4. The van der Waals surface area contributed by atoms with Crippen LogP contribution in [0.1, 0.15) is 32.3 Å². The number of hydrogen-bond donors (Lipinski definition) is 2. The Morgan fingerprint density at radius 2 is 1.69 bits per heavy atom. The molecule has 0 spiro atoms. The number of nitrogens with one attached hydrogen (secondary N) is 2. The van der Waals surface area contributed by atoms with E-state index >= 15 is 0 Å². The molecule has 8 heteroatoms. The highest BCUT2D eigenvalue weighted by atomic mass is 35.5. The molecule has 1 aromatic carbocycles. The van der Waals surface area contributed by atoms with E-state index in [1.54, 1.807) is 37.3 Å². The molecule has 3 rings (SSSR count). The number of nitrogens with zero attached hydrogens (tertiary/aromatic N) is 2. The van der Waals surface area contributed by atoms with E-state index in [9.17, 15) is 9.59 Å². The Hall–Kier alpha value is -3.19. The number of amides is 2. The third-order valence-corrected chi connectivity index (χ3v) is 3.92. The van der Waals surface area contributed by atoms with Crippen LogP contribution in [0.3, 0.4) is 0 Å². The van der Waals surface area contributed by atoms with Crippen LogP contribution >= 0.6 is 11.6 Å². The van der Waals surface area contributed by atoms with Crippen LogP contribution in [0.15, 0.2) is 47.0 Å². The smallest absolute Gasteiger partial charge is 0.275 e. The normalized spacial score (nSPS) is 10.4. The maximum Gasteiger partial charge on any atom is 0.275 e. The van der Waals surface area contributed by atoms with Crippen molar-refractivity contribution in [3.63, 3.8) is 0 Å². The molecule has 0 bridgehead atoms. The molecule has 0 radical (unpaired) electrons. The molecule has 0 aliphatic rings. The Kier molecular flexibility index (Phi) is 4.99. The average Bonchev–Trinajstić information content (AvgIpc) is 3.03. The molecule has 2 aromatic heterocycles. The lowest BCUT2D eigenvalue weighted by molar-refractivity contribution is 0.101. The fourth-order valence-electron chi connectivity index (χ4n) is 2.16. The predicted octanol–water partition coefficient (Wildman–Crippen LogP) is 3.84. The van der Waals surface area contributed by atoms with E-state index in [1.165, 1.54) is 12.1 Å². The molecular weight excluding hydrogens is 356 g/mol. The molecular formula is C18H15ClN4O3. The predicted molar refractivity (Wildman–Crippen MR) is 97.6 cm³/mol. The maximum atomic E-state index is 12.4. The van der Waals surface area contributed by atoms with E-state index in [1.807, 2.05) is 6.92 Å². The number of benzene rings is 1. The molecule has 2 N–H and O–H groups in total. The van der Waals surface area contributed by atoms with Crippen LogP contribution in [0, 0.1) is 13.8 Å². The SMILES string of the molecule is Cc1cc(NC(=O)c2cccc(C(=O)Nc3ccc(C)c(Cl)c3)n2)no1. The topological polar surface area (TPSA) is 97.1 Å². The maximum absolute atomic E-state index is 12.4. The van der Waals surface area contributed by atoms with E-state index in [0.29, 0.717) is 16.5 Å². The Morgan fingerprint density at radius 3 is 2.31 bits per heavy atom. The van der Waals surface area contributed by atoms with Gasteiger partial charge in [-0.2, -0.15) is 0 Å². The number of halogens is 1. The summed E-state index contributed by atoms with van der Waals surface area (Å²) in [7, 11) is 0. The highest BCUT2D eigenvalue weighted by molar-refractivity contribution is 6.31. The van der Waals surface area contributed by atoms with Crippen LogP contribution in [0.25, 0.3) is 0 Å². The molecule has 132 valence electrons. The van der Waals surface area contributed by atoms with Gasteiger partial charge in [0.2, 0.25) is 0 Å². The molecule has 3 aromatic rings. The molecule has 0 unspecified atom stereocenters. The Bertz CT molecular complexity index is 984. The van der Waals surface area contributed by atoms with Crippen molar-refractivity contribution in [1.29, 1.82) is 0 Å². The minimum absolute atomic E-state index is 0.0836. The van der Waals surface area contributed by atoms with E-state index < -0.39 is 11.8 Å². The van der Waals surface area contributed by atoms with Crippen LogP contribution in [0.2, 0.25) is 5.02 Å². The van der Waals surface area contributed by atoms with Crippen LogP contribution in [-0.2, 0) is 0 Å². The van der Waals surface area contributed by atoms with Gasteiger partial charge in [0, 0.05) is 16.8 Å². The van der Waals surface area contributed by atoms with Crippen molar-refractivity contribution in [2.45, 2.75) is 13.8 Å². The third-order valence-electron chi connectivity index (χ3n) is 3.51. The van der Waals surface area contributed by atoms with E-state index in [2.05, 4.69) is 20.8 Å². The first-order chi connectivity index (χ1) is 12.4. The van der Waals surface area contributed by atoms with E-state index in [0.717, 1.165) is 5.56 Å². The van der Waals surface area contributed by atoms with Gasteiger partial charge in [0.1, 0.15) is 17.1 Å². The number of anilines is 2. The van der Waals surface area contributed by atoms with Crippen molar-refractivity contribution in [2.75, 3.05) is 10.6 Å².